The van der Waals surface area contributed by atoms with E-state index in [0.29, 0.717) is 35.7 Å². The molecule has 26 heavy (non-hydrogen) atoms. The maximum absolute atomic E-state index is 12.2. The van der Waals surface area contributed by atoms with Crippen LogP contribution in [0.5, 0.6) is 5.75 Å². The van der Waals surface area contributed by atoms with Crippen LogP contribution >= 0.6 is 0 Å². The van der Waals surface area contributed by atoms with E-state index in [2.05, 4.69) is 5.32 Å². The van der Waals surface area contributed by atoms with E-state index < -0.39 is 0 Å². The zero-order chi connectivity index (χ0) is 19.1. The van der Waals surface area contributed by atoms with Crippen LogP contribution in [0.25, 0.3) is 0 Å². The fourth-order valence-corrected chi connectivity index (χ4v) is 2.47. The highest BCUT2D eigenvalue weighted by molar-refractivity contribution is 5.96. The third-order valence-electron chi connectivity index (χ3n) is 3.94. The van der Waals surface area contributed by atoms with Crippen molar-refractivity contribution in [2.75, 3.05) is 25.1 Å². The number of anilines is 1. The number of ether oxygens (including phenoxy) is 1. The Morgan fingerprint density at radius 3 is 2.00 bits per heavy atom. The van der Waals surface area contributed by atoms with Crippen molar-refractivity contribution in [2.24, 2.45) is 0 Å². The molecule has 1 N–H and O–H groups in total. The van der Waals surface area contributed by atoms with Crippen molar-refractivity contribution in [3.63, 3.8) is 0 Å². The molecule has 0 unspecified atom stereocenters. The number of nitrogens with zero attached hydrogens (tertiary/aromatic N) is 1. The van der Waals surface area contributed by atoms with Gasteiger partial charge in [-0.05, 0) is 55.5 Å². The van der Waals surface area contributed by atoms with Gasteiger partial charge < -0.3 is 15.0 Å². The van der Waals surface area contributed by atoms with Gasteiger partial charge in [-0.25, -0.2) is 0 Å². The van der Waals surface area contributed by atoms with Gasteiger partial charge in [-0.3, -0.25) is 14.4 Å². The van der Waals surface area contributed by atoms with E-state index in [0.717, 1.165) is 0 Å². The lowest BCUT2D eigenvalue weighted by Crippen LogP contribution is -2.37. The largest absolute Gasteiger partial charge is 0.497 e. The second kappa shape index (κ2) is 8.80. The predicted molar refractivity (Wildman–Crippen MR) is 99.8 cm³/mol. The Morgan fingerprint density at radius 1 is 0.923 bits per heavy atom. The third kappa shape index (κ3) is 4.92. The summed E-state index contributed by atoms with van der Waals surface area (Å²) in [5.74, 6) is 0.290. The lowest BCUT2D eigenvalue weighted by molar-refractivity contribution is -0.116. The lowest BCUT2D eigenvalue weighted by Gasteiger charge is -2.21. The normalized spacial score (nSPS) is 10.1. The first-order valence-corrected chi connectivity index (χ1v) is 8.23. The number of methoxy groups -OCH3 is 1. The monoisotopic (exact) mass is 354 g/mol. The Kier molecular flexibility index (Phi) is 6.49. The van der Waals surface area contributed by atoms with Gasteiger partial charge in [0.25, 0.3) is 5.91 Å². The van der Waals surface area contributed by atoms with E-state index in [1.54, 1.807) is 60.5 Å². The summed E-state index contributed by atoms with van der Waals surface area (Å²) < 4.78 is 5.06. The SMILES string of the molecule is COc1ccc(C(=O)NCCN(C(C)=O)c2ccc(C(C)=O)cc2)cc1. The Morgan fingerprint density at radius 2 is 1.50 bits per heavy atom. The Bertz CT molecular complexity index is 782. The summed E-state index contributed by atoms with van der Waals surface area (Å²) in [4.78, 5) is 37.0. The van der Waals surface area contributed by atoms with Crippen molar-refractivity contribution in [1.29, 1.82) is 0 Å². The van der Waals surface area contributed by atoms with Gasteiger partial charge in [-0.2, -0.15) is 0 Å². The number of ketones is 1. The van der Waals surface area contributed by atoms with Gasteiger partial charge in [-0.15, -0.1) is 0 Å². The molecule has 2 aromatic carbocycles. The average molecular weight is 354 g/mol. The molecule has 0 aromatic heterocycles. The number of carbonyl (C=O) groups is 3. The second-order valence-corrected chi connectivity index (χ2v) is 5.76. The van der Waals surface area contributed by atoms with E-state index in [1.165, 1.54) is 13.8 Å². The van der Waals surface area contributed by atoms with Crippen LogP contribution in [0, 0.1) is 0 Å². The molecule has 2 rings (SSSR count). The summed E-state index contributed by atoms with van der Waals surface area (Å²) in [5.41, 5.74) is 1.79. The number of carbonyl (C=O) groups excluding carboxylic acids is 3. The second-order valence-electron chi connectivity index (χ2n) is 5.76. The smallest absolute Gasteiger partial charge is 0.251 e. The molecule has 0 bridgehead atoms. The minimum absolute atomic E-state index is 0.0299. The van der Waals surface area contributed by atoms with Crippen LogP contribution in [0.2, 0.25) is 0 Å². The first-order valence-electron chi connectivity index (χ1n) is 8.23. The van der Waals surface area contributed by atoms with Crippen molar-refractivity contribution in [2.45, 2.75) is 13.8 Å². The molecule has 0 spiro atoms. The van der Waals surface area contributed by atoms with Crippen LogP contribution in [-0.2, 0) is 4.79 Å². The molecule has 0 heterocycles. The number of benzene rings is 2. The number of rotatable bonds is 7. The van der Waals surface area contributed by atoms with Crippen LogP contribution in [0.15, 0.2) is 48.5 Å². The first-order chi connectivity index (χ1) is 12.4. The summed E-state index contributed by atoms with van der Waals surface area (Å²) in [6, 6.07) is 13.6. The molecule has 6 heteroatoms. The number of Topliss-reactive ketones (excluding diaryl/α,β-unsaturated/α-hetero) is 1. The Balaban J connectivity index is 1.96. The molecule has 0 saturated carbocycles. The molecule has 0 aliphatic rings. The van der Waals surface area contributed by atoms with Crippen molar-refractivity contribution in [3.8, 4) is 5.75 Å². The predicted octanol–water partition coefficient (Wildman–Crippen LogP) is 2.68. The van der Waals surface area contributed by atoms with E-state index in [9.17, 15) is 14.4 Å². The quantitative estimate of drug-likeness (QED) is 0.776. The van der Waals surface area contributed by atoms with E-state index in [-0.39, 0.29) is 17.6 Å². The van der Waals surface area contributed by atoms with Crippen molar-refractivity contribution in [1.82, 2.24) is 5.32 Å². The van der Waals surface area contributed by atoms with Crippen molar-refractivity contribution < 1.29 is 19.1 Å². The van der Waals surface area contributed by atoms with Gasteiger partial charge in [0.05, 0.1) is 7.11 Å². The molecule has 136 valence electrons. The molecule has 2 aromatic rings. The molecule has 6 nitrogen and oxygen atoms in total. The molecule has 0 atom stereocenters. The van der Waals surface area contributed by atoms with Gasteiger partial charge in [0, 0.05) is 36.8 Å². The van der Waals surface area contributed by atoms with E-state index in [1.807, 2.05) is 0 Å². The Hall–Kier alpha value is -3.15. The zero-order valence-corrected chi connectivity index (χ0v) is 15.1. The van der Waals surface area contributed by atoms with Crippen LogP contribution in [0.4, 0.5) is 5.69 Å². The maximum atomic E-state index is 12.2. The van der Waals surface area contributed by atoms with Gasteiger partial charge in [0.1, 0.15) is 5.75 Å². The molecule has 0 saturated heterocycles. The summed E-state index contributed by atoms with van der Waals surface area (Å²) >= 11 is 0. The highest BCUT2D eigenvalue weighted by Crippen LogP contribution is 2.16. The van der Waals surface area contributed by atoms with Gasteiger partial charge >= 0.3 is 0 Å². The number of amides is 2. The standard InChI is InChI=1S/C20H22N2O4/c1-14(23)16-4-8-18(9-5-16)22(15(2)24)13-12-21-20(25)17-6-10-19(26-3)11-7-17/h4-11H,12-13H2,1-3H3,(H,21,25). The molecule has 0 aliphatic carbocycles. The highest BCUT2D eigenvalue weighted by Gasteiger charge is 2.13. The van der Waals surface area contributed by atoms with Crippen LogP contribution in [0.3, 0.4) is 0 Å². The van der Waals surface area contributed by atoms with Crippen molar-refractivity contribution in [3.05, 3.63) is 59.7 Å². The van der Waals surface area contributed by atoms with E-state index >= 15 is 0 Å². The zero-order valence-electron chi connectivity index (χ0n) is 15.1. The minimum atomic E-state index is -0.219. The molecular formula is C20H22N2O4. The number of hydrogen-bond donors (Lipinski definition) is 1. The van der Waals surface area contributed by atoms with Crippen LogP contribution in [0.1, 0.15) is 34.6 Å². The molecule has 0 radical (unpaired) electrons. The van der Waals surface area contributed by atoms with Gasteiger partial charge in [0.15, 0.2) is 5.78 Å². The van der Waals surface area contributed by atoms with Crippen molar-refractivity contribution >= 4 is 23.3 Å². The first kappa shape index (κ1) is 19.2. The summed E-state index contributed by atoms with van der Waals surface area (Å²) in [6.07, 6.45) is 0. The van der Waals surface area contributed by atoms with Gasteiger partial charge in [0.2, 0.25) is 5.91 Å². The molecule has 0 aliphatic heterocycles. The Labute approximate surface area is 152 Å². The van der Waals surface area contributed by atoms with Crippen LogP contribution in [-0.4, -0.2) is 37.8 Å². The fraction of sp³-hybridized carbons (Fsp3) is 0.250. The summed E-state index contributed by atoms with van der Waals surface area (Å²) in [7, 11) is 1.56. The number of hydrogen-bond acceptors (Lipinski definition) is 4. The average Bonchev–Trinajstić information content (AvgIpc) is 2.65. The van der Waals surface area contributed by atoms with E-state index in [4.69, 9.17) is 4.74 Å². The molecule has 2 amide bonds. The summed E-state index contributed by atoms with van der Waals surface area (Å²) in [5, 5.41) is 2.79. The summed E-state index contributed by atoms with van der Waals surface area (Å²) in [6.45, 7) is 3.59. The topological polar surface area (TPSA) is 75.7 Å². The lowest BCUT2D eigenvalue weighted by atomic mass is 10.1. The number of nitrogens with one attached hydrogen (secondary N) is 1. The molecular weight excluding hydrogens is 332 g/mol. The van der Waals surface area contributed by atoms with Gasteiger partial charge in [-0.1, -0.05) is 0 Å². The third-order valence-corrected chi connectivity index (χ3v) is 3.94. The highest BCUT2D eigenvalue weighted by atomic mass is 16.5. The molecule has 0 fully saturated rings. The minimum Gasteiger partial charge on any atom is -0.497 e. The van der Waals surface area contributed by atoms with Crippen LogP contribution < -0.4 is 15.0 Å². The maximum Gasteiger partial charge on any atom is 0.251 e. The fourth-order valence-electron chi connectivity index (χ4n) is 2.47.